The number of aryl methyl sites for hydroxylation is 1. The molecular weight excluding hydrogens is 302 g/mol. The molecule has 0 heterocycles. The number of hydrogen-bond donors (Lipinski definition) is 2. The number of nitrogens with two attached hydrogens (primary N) is 1. The van der Waals surface area contributed by atoms with Crippen LogP contribution in [-0.4, -0.2) is 42.9 Å². The largest absolute Gasteiger partial charge is 0.352 e. The van der Waals surface area contributed by atoms with Crippen molar-refractivity contribution in [3.05, 3.63) is 34.9 Å². The van der Waals surface area contributed by atoms with E-state index in [4.69, 9.17) is 5.73 Å². The zero-order valence-electron chi connectivity index (χ0n) is 15.2. The molecule has 5 heteroatoms. The maximum atomic E-state index is 12.7. The molecule has 1 aromatic rings. The highest BCUT2D eigenvalue weighted by molar-refractivity contribution is 6.00. The van der Waals surface area contributed by atoms with Gasteiger partial charge in [0, 0.05) is 30.8 Å². The summed E-state index contributed by atoms with van der Waals surface area (Å²) in [6.07, 6.45) is 3.60. The third kappa shape index (κ3) is 6.32. The van der Waals surface area contributed by atoms with Gasteiger partial charge in [0.05, 0.1) is 0 Å². The Morgan fingerprint density at radius 1 is 1.04 bits per heavy atom. The van der Waals surface area contributed by atoms with Crippen LogP contribution in [0, 0.1) is 6.92 Å². The van der Waals surface area contributed by atoms with Crippen LogP contribution in [-0.2, 0) is 0 Å². The second-order valence-corrected chi connectivity index (χ2v) is 6.13. The van der Waals surface area contributed by atoms with Crippen LogP contribution in [0.4, 0.5) is 0 Å². The maximum absolute atomic E-state index is 12.7. The van der Waals surface area contributed by atoms with Gasteiger partial charge in [0.1, 0.15) is 0 Å². The molecule has 0 aliphatic carbocycles. The smallest absolute Gasteiger partial charge is 0.253 e. The van der Waals surface area contributed by atoms with Crippen LogP contribution in [0.3, 0.4) is 0 Å². The maximum Gasteiger partial charge on any atom is 0.253 e. The fourth-order valence-corrected chi connectivity index (χ4v) is 2.65. The Morgan fingerprint density at radius 2 is 1.67 bits per heavy atom. The highest BCUT2D eigenvalue weighted by Crippen LogP contribution is 2.13. The van der Waals surface area contributed by atoms with Gasteiger partial charge in [-0.15, -0.1) is 0 Å². The van der Waals surface area contributed by atoms with Gasteiger partial charge in [-0.25, -0.2) is 0 Å². The summed E-state index contributed by atoms with van der Waals surface area (Å²) in [5.41, 5.74) is 7.50. The van der Waals surface area contributed by atoms with Gasteiger partial charge in [0.25, 0.3) is 11.8 Å². The van der Waals surface area contributed by atoms with Crippen LogP contribution in [0.5, 0.6) is 0 Å². The first-order valence-electron chi connectivity index (χ1n) is 8.92. The number of hydrogen-bond acceptors (Lipinski definition) is 3. The lowest BCUT2D eigenvalue weighted by molar-refractivity contribution is 0.0755. The molecular formula is C19H31N3O2. The molecule has 0 atom stereocenters. The summed E-state index contributed by atoms with van der Waals surface area (Å²) < 4.78 is 0. The summed E-state index contributed by atoms with van der Waals surface area (Å²) in [6.45, 7) is 8.74. The first kappa shape index (κ1) is 20.2. The summed E-state index contributed by atoms with van der Waals surface area (Å²) in [6, 6.07) is 5.37. The summed E-state index contributed by atoms with van der Waals surface area (Å²) in [5.74, 6) is -0.137. The molecule has 0 aliphatic rings. The molecule has 0 aliphatic heterocycles. The highest BCUT2D eigenvalue weighted by Gasteiger charge is 2.17. The number of unbranched alkanes of at least 4 members (excludes halogenated alkanes) is 1. The Morgan fingerprint density at radius 3 is 2.25 bits per heavy atom. The van der Waals surface area contributed by atoms with Crippen molar-refractivity contribution in [2.75, 3.05) is 26.2 Å². The van der Waals surface area contributed by atoms with Gasteiger partial charge in [-0.1, -0.05) is 13.8 Å². The molecule has 3 N–H and O–H groups in total. The van der Waals surface area contributed by atoms with E-state index in [1.165, 1.54) is 0 Å². The molecule has 1 aromatic carbocycles. The van der Waals surface area contributed by atoms with Gasteiger partial charge in [-0.2, -0.15) is 0 Å². The normalized spacial score (nSPS) is 10.5. The third-order valence-corrected chi connectivity index (χ3v) is 3.78. The number of nitrogens with zero attached hydrogens (tertiary/aromatic N) is 1. The van der Waals surface area contributed by atoms with E-state index in [0.29, 0.717) is 24.2 Å². The lowest BCUT2D eigenvalue weighted by Gasteiger charge is -2.22. The lowest BCUT2D eigenvalue weighted by Crippen LogP contribution is -2.33. The Balaban J connectivity index is 2.87. The number of nitrogens with one attached hydrogen (secondary N) is 1. The fraction of sp³-hybridized carbons (Fsp3) is 0.579. The number of rotatable bonds is 10. The third-order valence-electron chi connectivity index (χ3n) is 3.78. The standard InChI is InChI=1S/C19H31N3O2/c1-4-10-22(11-5-2)19(24)17-13-15(3)12-16(14-17)18(23)21-9-7-6-8-20/h12-14H,4-11,20H2,1-3H3,(H,21,23). The Labute approximate surface area is 145 Å². The molecule has 0 fully saturated rings. The van der Waals surface area contributed by atoms with Crippen LogP contribution in [0.15, 0.2) is 18.2 Å². The number of carbonyl (C=O) groups is 2. The molecule has 5 nitrogen and oxygen atoms in total. The fourth-order valence-electron chi connectivity index (χ4n) is 2.65. The molecule has 0 bridgehead atoms. The van der Waals surface area contributed by atoms with Gasteiger partial charge in [-0.3, -0.25) is 9.59 Å². The van der Waals surface area contributed by atoms with E-state index in [1.807, 2.05) is 24.0 Å². The van der Waals surface area contributed by atoms with E-state index in [9.17, 15) is 9.59 Å². The minimum atomic E-state index is -0.137. The number of amides is 2. The molecule has 0 spiro atoms. The zero-order valence-corrected chi connectivity index (χ0v) is 15.2. The van der Waals surface area contributed by atoms with E-state index in [0.717, 1.165) is 44.3 Å². The average Bonchev–Trinajstić information content (AvgIpc) is 2.57. The van der Waals surface area contributed by atoms with Crippen molar-refractivity contribution < 1.29 is 9.59 Å². The van der Waals surface area contributed by atoms with Crippen LogP contribution >= 0.6 is 0 Å². The molecule has 1 rings (SSSR count). The highest BCUT2D eigenvalue weighted by atomic mass is 16.2. The minimum absolute atomic E-state index is 0.000387. The van der Waals surface area contributed by atoms with E-state index < -0.39 is 0 Å². The summed E-state index contributed by atoms with van der Waals surface area (Å²) in [7, 11) is 0. The summed E-state index contributed by atoms with van der Waals surface area (Å²) >= 11 is 0. The van der Waals surface area contributed by atoms with Gasteiger partial charge in [0.2, 0.25) is 0 Å². The monoisotopic (exact) mass is 333 g/mol. The topological polar surface area (TPSA) is 75.4 Å². The van der Waals surface area contributed by atoms with Crippen molar-refractivity contribution in [2.45, 2.75) is 46.5 Å². The van der Waals surface area contributed by atoms with Crippen molar-refractivity contribution in [1.29, 1.82) is 0 Å². The molecule has 0 unspecified atom stereocenters. The summed E-state index contributed by atoms with van der Waals surface area (Å²) in [4.78, 5) is 26.9. The van der Waals surface area contributed by atoms with Crippen LogP contribution < -0.4 is 11.1 Å². The predicted molar refractivity (Wildman–Crippen MR) is 98.3 cm³/mol. The molecule has 0 saturated carbocycles. The Hall–Kier alpha value is -1.88. The van der Waals surface area contributed by atoms with Gasteiger partial charge in [0.15, 0.2) is 0 Å². The van der Waals surface area contributed by atoms with Crippen molar-refractivity contribution >= 4 is 11.8 Å². The molecule has 0 radical (unpaired) electrons. The van der Waals surface area contributed by atoms with E-state index in [2.05, 4.69) is 19.2 Å². The van der Waals surface area contributed by atoms with Crippen molar-refractivity contribution in [3.63, 3.8) is 0 Å². The van der Waals surface area contributed by atoms with Gasteiger partial charge >= 0.3 is 0 Å². The van der Waals surface area contributed by atoms with Crippen molar-refractivity contribution in [3.8, 4) is 0 Å². The first-order chi connectivity index (χ1) is 11.5. The van der Waals surface area contributed by atoms with Crippen LogP contribution in [0.25, 0.3) is 0 Å². The van der Waals surface area contributed by atoms with Crippen LogP contribution in [0.1, 0.15) is 65.8 Å². The Kier molecular flexibility index (Phi) is 9.08. The molecule has 0 saturated heterocycles. The van der Waals surface area contributed by atoms with E-state index >= 15 is 0 Å². The minimum Gasteiger partial charge on any atom is -0.352 e. The van der Waals surface area contributed by atoms with E-state index in [1.54, 1.807) is 6.07 Å². The first-order valence-corrected chi connectivity index (χ1v) is 8.92. The molecule has 2 amide bonds. The molecule has 0 aromatic heterocycles. The SMILES string of the molecule is CCCN(CCC)C(=O)c1cc(C)cc(C(=O)NCCCCN)c1. The second kappa shape index (κ2) is 10.8. The quantitative estimate of drug-likeness (QED) is 0.647. The lowest BCUT2D eigenvalue weighted by atomic mass is 10.0. The molecule has 24 heavy (non-hydrogen) atoms. The molecule has 134 valence electrons. The van der Waals surface area contributed by atoms with Crippen LogP contribution in [0.2, 0.25) is 0 Å². The number of carbonyl (C=O) groups excluding carboxylic acids is 2. The predicted octanol–water partition coefficient (Wildman–Crippen LogP) is 2.73. The van der Waals surface area contributed by atoms with Crippen molar-refractivity contribution in [2.24, 2.45) is 5.73 Å². The second-order valence-electron chi connectivity index (χ2n) is 6.13. The average molecular weight is 333 g/mol. The van der Waals surface area contributed by atoms with Gasteiger partial charge < -0.3 is 16.0 Å². The number of benzene rings is 1. The summed E-state index contributed by atoms with van der Waals surface area (Å²) in [5, 5.41) is 2.89. The Bertz CT molecular complexity index is 537. The van der Waals surface area contributed by atoms with Gasteiger partial charge in [-0.05, 0) is 62.9 Å². The van der Waals surface area contributed by atoms with Crippen molar-refractivity contribution in [1.82, 2.24) is 10.2 Å². The van der Waals surface area contributed by atoms with E-state index in [-0.39, 0.29) is 11.8 Å². The zero-order chi connectivity index (χ0) is 17.9.